The molecule has 8 heteroatoms. The molecule has 32 heavy (non-hydrogen) atoms. The normalized spacial score (nSPS) is 10.8. The average Bonchev–Trinajstić information content (AvgIpc) is 3.32. The van der Waals surface area contributed by atoms with Crippen molar-refractivity contribution in [2.45, 2.75) is 33.6 Å². The van der Waals surface area contributed by atoms with E-state index in [4.69, 9.17) is 10.5 Å². The number of nitrogens with two attached hydrogens (primary N) is 1. The van der Waals surface area contributed by atoms with E-state index in [0.29, 0.717) is 22.4 Å². The Bertz CT molecular complexity index is 1270. The minimum atomic E-state index is -0.993. The lowest BCUT2D eigenvalue weighted by Crippen LogP contribution is -2.16. The van der Waals surface area contributed by atoms with E-state index in [0.717, 1.165) is 16.5 Å². The van der Waals surface area contributed by atoms with Crippen LogP contribution in [0.4, 0.5) is 4.79 Å². The van der Waals surface area contributed by atoms with E-state index in [-0.39, 0.29) is 23.3 Å². The van der Waals surface area contributed by atoms with E-state index in [1.807, 2.05) is 69.8 Å². The minimum Gasteiger partial charge on any atom is -0.508 e. The molecule has 1 amide bonds. The molecule has 168 valence electrons. The third kappa shape index (κ3) is 4.12. The van der Waals surface area contributed by atoms with E-state index in [2.05, 4.69) is 10.2 Å². The molecule has 2 aromatic carbocycles. The number of phenols is 2. The first-order valence-corrected chi connectivity index (χ1v) is 10.4. The molecule has 0 saturated heterocycles. The third-order valence-electron chi connectivity index (χ3n) is 5.14. The van der Waals surface area contributed by atoms with Gasteiger partial charge in [-0.1, -0.05) is 33.8 Å². The molecule has 0 bridgehead atoms. The van der Waals surface area contributed by atoms with Gasteiger partial charge in [0.05, 0.1) is 11.3 Å². The Balaban J connectivity index is 0.00000141. The maximum atomic E-state index is 11.4. The largest absolute Gasteiger partial charge is 0.508 e. The maximum absolute atomic E-state index is 11.4. The van der Waals surface area contributed by atoms with E-state index < -0.39 is 6.09 Å². The maximum Gasteiger partial charge on any atom is 0.411 e. The number of aryl methyl sites for hydroxylation is 1. The van der Waals surface area contributed by atoms with Crippen molar-refractivity contribution in [3.63, 3.8) is 0 Å². The molecule has 0 radical (unpaired) electrons. The molecule has 4 rings (SSSR count). The number of nitrogens with one attached hydrogen (secondary N) is 1. The van der Waals surface area contributed by atoms with Crippen LogP contribution in [0.15, 0.2) is 42.6 Å². The highest BCUT2D eigenvalue weighted by Gasteiger charge is 2.23. The lowest BCUT2D eigenvalue weighted by Gasteiger charge is -2.13. The van der Waals surface area contributed by atoms with Gasteiger partial charge in [-0.25, -0.2) is 4.79 Å². The molecule has 5 N–H and O–H groups in total. The van der Waals surface area contributed by atoms with Gasteiger partial charge in [0, 0.05) is 35.8 Å². The highest BCUT2D eigenvalue weighted by Crippen LogP contribution is 2.44. The molecule has 4 aromatic rings. The topological polar surface area (TPSA) is 126 Å². The number of benzene rings is 2. The number of aromatic nitrogens is 3. The monoisotopic (exact) mass is 436 g/mol. The van der Waals surface area contributed by atoms with Crippen LogP contribution in [0.25, 0.3) is 33.3 Å². The van der Waals surface area contributed by atoms with Crippen LogP contribution in [0.2, 0.25) is 0 Å². The fourth-order valence-electron chi connectivity index (χ4n) is 3.65. The Morgan fingerprint density at radius 3 is 2.50 bits per heavy atom. The van der Waals surface area contributed by atoms with E-state index in [1.54, 1.807) is 6.07 Å². The number of rotatable bonds is 4. The summed E-state index contributed by atoms with van der Waals surface area (Å²) < 4.78 is 7.12. The second-order valence-electron chi connectivity index (χ2n) is 7.48. The van der Waals surface area contributed by atoms with Crippen LogP contribution in [0.3, 0.4) is 0 Å². The molecule has 0 aliphatic carbocycles. The Kier molecular flexibility index (Phi) is 6.43. The number of H-pyrrole nitrogens is 1. The van der Waals surface area contributed by atoms with Crippen LogP contribution < -0.4 is 10.5 Å². The molecule has 0 spiro atoms. The SMILES string of the molecule is CC.CC(C)c1cc(-c2[nH]nc(OC(N)=O)c2-c2ccc3c(ccn3C)c2)c(O)cc1O. The van der Waals surface area contributed by atoms with Crippen molar-refractivity contribution in [2.75, 3.05) is 0 Å². The van der Waals surface area contributed by atoms with Crippen molar-refractivity contribution in [1.82, 2.24) is 14.8 Å². The fraction of sp³-hybridized carbons (Fsp3) is 0.250. The van der Waals surface area contributed by atoms with Crippen molar-refractivity contribution in [3.05, 3.63) is 48.2 Å². The van der Waals surface area contributed by atoms with Gasteiger partial charge in [-0.3, -0.25) is 5.10 Å². The highest BCUT2D eigenvalue weighted by atomic mass is 16.6. The van der Waals surface area contributed by atoms with Crippen molar-refractivity contribution in [2.24, 2.45) is 12.8 Å². The Labute approximate surface area is 186 Å². The number of carbonyl (C=O) groups excluding carboxylic acids is 1. The number of nitrogens with zero attached hydrogens (tertiary/aromatic N) is 2. The number of ether oxygens (including phenoxy) is 1. The van der Waals surface area contributed by atoms with Crippen molar-refractivity contribution in [3.8, 4) is 39.8 Å². The molecule has 0 unspecified atom stereocenters. The summed E-state index contributed by atoms with van der Waals surface area (Å²) in [5, 5.41) is 28.7. The predicted octanol–water partition coefficient (Wildman–Crippen LogP) is 5.25. The molecule has 8 nitrogen and oxygen atoms in total. The number of amides is 1. The summed E-state index contributed by atoms with van der Waals surface area (Å²) in [6, 6.07) is 10.7. The summed E-state index contributed by atoms with van der Waals surface area (Å²) in [5.41, 5.74) is 9.01. The van der Waals surface area contributed by atoms with Crippen LogP contribution in [-0.4, -0.2) is 31.1 Å². The van der Waals surface area contributed by atoms with Crippen molar-refractivity contribution >= 4 is 17.0 Å². The molecule has 0 aliphatic heterocycles. The summed E-state index contributed by atoms with van der Waals surface area (Å²) in [5.74, 6) is -0.0936. The average molecular weight is 437 g/mol. The van der Waals surface area contributed by atoms with Gasteiger partial charge in [-0.05, 0) is 41.3 Å². The number of carbonyl (C=O) groups is 1. The predicted molar refractivity (Wildman–Crippen MR) is 125 cm³/mol. The summed E-state index contributed by atoms with van der Waals surface area (Å²) >= 11 is 0. The van der Waals surface area contributed by atoms with Crippen molar-refractivity contribution < 1.29 is 19.7 Å². The Hall–Kier alpha value is -3.94. The van der Waals surface area contributed by atoms with Gasteiger partial charge >= 0.3 is 6.09 Å². The van der Waals surface area contributed by atoms with Gasteiger partial charge in [-0.2, -0.15) is 0 Å². The number of hydrogen-bond donors (Lipinski definition) is 4. The minimum absolute atomic E-state index is 0.00588. The summed E-state index contributed by atoms with van der Waals surface area (Å²) in [7, 11) is 1.95. The molecule has 0 atom stereocenters. The molecule has 2 aromatic heterocycles. The Morgan fingerprint density at radius 1 is 1.12 bits per heavy atom. The van der Waals surface area contributed by atoms with Crippen LogP contribution in [0, 0.1) is 0 Å². The first kappa shape index (κ1) is 22.7. The van der Waals surface area contributed by atoms with Gasteiger partial charge in [-0.15, -0.1) is 5.10 Å². The zero-order valence-electron chi connectivity index (χ0n) is 18.8. The van der Waals surface area contributed by atoms with Gasteiger partial charge < -0.3 is 25.3 Å². The van der Waals surface area contributed by atoms with Crippen LogP contribution in [-0.2, 0) is 7.05 Å². The molecular formula is C24H28N4O4. The number of aromatic amines is 1. The van der Waals surface area contributed by atoms with Crippen LogP contribution in [0.5, 0.6) is 17.4 Å². The third-order valence-corrected chi connectivity index (χ3v) is 5.14. The molecule has 0 saturated carbocycles. The second kappa shape index (κ2) is 9.05. The fourth-order valence-corrected chi connectivity index (χ4v) is 3.65. The number of hydrogen-bond acceptors (Lipinski definition) is 5. The van der Waals surface area contributed by atoms with Gasteiger partial charge in [0.15, 0.2) is 0 Å². The molecule has 0 aliphatic rings. The first-order chi connectivity index (χ1) is 15.3. The van der Waals surface area contributed by atoms with E-state index in [9.17, 15) is 15.0 Å². The quantitative estimate of drug-likeness (QED) is 0.347. The molecule has 0 fully saturated rings. The molecular weight excluding hydrogens is 408 g/mol. The van der Waals surface area contributed by atoms with E-state index in [1.165, 1.54) is 6.07 Å². The zero-order chi connectivity index (χ0) is 23.6. The number of fused-ring (bicyclic) bond motifs is 1. The zero-order valence-corrected chi connectivity index (χ0v) is 18.8. The summed E-state index contributed by atoms with van der Waals surface area (Å²) in [4.78, 5) is 11.4. The smallest absolute Gasteiger partial charge is 0.411 e. The summed E-state index contributed by atoms with van der Waals surface area (Å²) in [6.45, 7) is 7.88. The van der Waals surface area contributed by atoms with Crippen LogP contribution >= 0.6 is 0 Å². The van der Waals surface area contributed by atoms with Gasteiger partial charge in [0.1, 0.15) is 11.5 Å². The standard InChI is InChI=1S/C22H22N4O4.C2H6/c1-11(2)14-9-15(18(28)10-17(14)27)20-19(21(25-24-20)30-22(23)29)13-4-5-16-12(8-13)6-7-26(16)3;1-2/h4-11,27-28H,1-3H3,(H2,23,29)(H,24,25);1-2H3. The lowest BCUT2D eigenvalue weighted by molar-refractivity contribution is 0.209. The van der Waals surface area contributed by atoms with Gasteiger partial charge in [0.2, 0.25) is 0 Å². The van der Waals surface area contributed by atoms with E-state index >= 15 is 0 Å². The Morgan fingerprint density at radius 2 is 1.84 bits per heavy atom. The second-order valence-corrected chi connectivity index (χ2v) is 7.48. The van der Waals surface area contributed by atoms with Crippen LogP contribution in [0.1, 0.15) is 39.2 Å². The summed E-state index contributed by atoms with van der Waals surface area (Å²) in [6.07, 6.45) is 0.958. The van der Waals surface area contributed by atoms with Crippen molar-refractivity contribution in [1.29, 1.82) is 0 Å². The number of aromatic hydroxyl groups is 2. The van der Waals surface area contributed by atoms with Gasteiger partial charge in [0.25, 0.3) is 5.88 Å². The highest BCUT2D eigenvalue weighted by molar-refractivity contribution is 5.93. The number of primary amides is 1. The molecule has 2 heterocycles. The first-order valence-electron chi connectivity index (χ1n) is 10.4. The lowest BCUT2D eigenvalue weighted by atomic mass is 9.94. The number of phenolic OH excluding ortho intramolecular Hbond substituents is 2.